The molecule has 2 heterocycles. The molecule has 0 aliphatic carbocycles. The Kier molecular flexibility index (Phi) is 6.13. The molecule has 0 atom stereocenters. The highest BCUT2D eigenvalue weighted by Gasteiger charge is 2.18. The maximum atomic E-state index is 12.3. The number of piperazine rings is 1. The lowest BCUT2D eigenvalue weighted by Crippen LogP contribution is -2.43. The fourth-order valence-electron chi connectivity index (χ4n) is 4.04. The van der Waals surface area contributed by atoms with Crippen molar-refractivity contribution in [1.29, 1.82) is 0 Å². The number of aromatic nitrogens is 1. The van der Waals surface area contributed by atoms with Crippen molar-refractivity contribution in [2.24, 2.45) is 0 Å². The van der Waals surface area contributed by atoms with Gasteiger partial charge in [-0.3, -0.25) is 9.62 Å². The van der Waals surface area contributed by atoms with E-state index in [0.29, 0.717) is 12.1 Å². The molecule has 0 bridgehead atoms. The molecule has 1 N–H and O–H groups in total. The minimum absolute atomic E-state index is 0.129. The first kappa shape index (κ1) is 20.9. The van der Waals surface area contributed by atoms with Crippen LogP contribution in [0.4, 0.5) is 5.69 Å². The highest BCUT2D eigenvalue weighted by molar-refractivity contribution is 7.92. The smallest absolute Gasteiger partial charge is 0.232 e. The van der Waals surface area contributed by atoms with E-state index in [1.54, 1.807) is 0 Å². The van der Waals surface area contributed by atoms with Gasteiger partial charge in [-0.25, -0.2) is 8.42 Å². The van der Waals surface area contributed by atoms with Crippen molar-refractivity contribution in [1.82, 2.24) is 14.4 Å². The van der Waals surface area contributed by atoms with Crippen LogP contribution in [0.15, 0.2) is 54.7 Å². The molecule has 0 unspecified atom stereocenters. The Morgan fingerprint density at radius 1 is 1.00 bits per heavy atom. The minimum Gasteiger partial charge on any atom is -0.316 e. The Morgan fingerprint density at radius 2 is 1.73 bits per heavy atom. The molecule has 0 amide bonds. The van der Waals surface area contributed by atoms with Crippen LogP contribution in [-0.4, -0.2) is 61.8 Å². The van der Waals surface area contributed by atoms with Gasteiger partial charge in [-0.2, -0.15) is 0 Å². The summed E-state index contributed by atoms with van der Waals surface area (Å²) in [6, 6.07) is 16.1. The summed E-state index contributed by atoms with van der Waals surface area (Å²) in [5.41, 5.74) is 4.03. The monoisotopic (exact) mass is 426 g/mol. The molecule has 160 valence electrons. The fourth-order valence-corrected chi connectivity index (χ4v) is 5.16. The summed E-state index contributed by atoms with van der Waals surface area (Å²) in [4.78, 5) is 4.82. The maximum absolute atomic E-state index is 12.3. The molecule has 30 heavy (non-hydrogen) atoms. The van der Waals surface area contributed by atoms with Crippen LogP contribution in [0.5, 0.6) is 0 Å². The van der Waals surface area contributed by atoms with Crippen molar-refractivity contribution in [3.05, 3.63) is 60.3 Å². The lowest BCUT2D eigenvalue weighted by atomic mass is 10.1. The van der Waals surface area contributed by atoms with Gasteiger partial charge in [0, 0.05) is 55.7 Å². The molecule has 2 aromatic carbocycles. The van der Waals surface area contributed by atoms with Crippen LogP contribution < -0.4 is 4.72 Å². The average Bonchev–Trinajstić information content (AvgIpc) is 3.08. The number of nitrogens with zero attached hydrogens (tertiary/aromatic N) is 3. The van der Waals surface area contributed by atoms with Gasteiger partial charge < -0.3 is 9.47 Å². The van der Waals surface area contributed by atoms with Gasteiger partial charge in [0.1, 0.15) is 0 Å². The SMILES string of the molecule is CCCS(=O)(=O)Nc1ccc2c(c1)c(CN1CCN(C)CC1)cn2-c1ccccc1. The third kappa shape index (κ3) is 4.69. The summed E-state index contributed by atoms with van der Waals surface area (Å²) in [6.07, 6.45) is 2.79. The van der Waals surface area contributed by atoms with Gasteiger partial charge in [-0.1, -0.05) is 25.1 Å². The summed E-state index contributed by atoms with van der Waals surface area (Å²) < 4.78 is 29.5. The highest BCUT2D eigenvalue weighted by Crippen LogP contribution is 2.29. The molecule has 7 heteroatoms. The van der Waals surface area contributed by atoms with Gasteiger partial charge in [0.15, 0.2) is 0 Å². The first-order valence-electron chi connectivity index (χ1n) is 10.6. The molecular formula is C23H30N4O2S. The van der Waals surface area contributed by atoms with E-state index in [1.165, 1.54) is 5.56 Å². The summed E-state index contributed by atoms with van der Waals surface area (Å²) >= 11 is 0. The van der Waals surface area contributed by atoms with Gasteiger partial charge >= 0.3 is 0 Å². The standard InChI is InChI=1S/C23H30N4O2S/c1-3-15-30(28,29)24-20-9-10-23-22(16-20)19(17-26-13-11-25(2)12-14-26)18-27(23)21-7-5-4-6-8-21/h4-10,16,18,24H,3,11-15,17H2,1-2H3. The summed E-state index contributed by atoms with van der Waals surface area (Å²) in [5, 5.41) is 1.09. The van der Waals surface area contributed by atoms with Crippen molar-refractivity contribution >= 4 is 26.6 Å². The van der Waals surface area contributed by atoms with E-state index in [0.717, 1.165) is 49.3 Å². The average molecular weight is 427 g/mol. The summed E-state index contributed by atoms with van der Waals surface area (Å²) in [6.45, 7) is 6.94. The largest absolute Gasteiger partial charge is 0.316 e. The quantitative estimate of drug-likeness (QED) is 0.628. The number of nitrogens with one attached hydrogen (secondary N) is 1. The van der Waals surface area contributed by atoms with E-state index in [1.807, 2.05) is 43.3 Å². The minimum atomic E-state index is -3.32. The normalized spacial score (nSPS) is 16.2. The molecular weight excluding hydrogens is 396 g/mol. The fraction of sp³-hybridized carbons (Fsp3) is 0.391. The zero-order chi connectivity index (χ0) is 21.1. The Balaban J connectivity index is 1.72. The van der Waals surface area contributed by atoms with E-state index >= 15 is 0 Å². The number of benzene rings is 2. The lowest BCUT2D eigenvalue weighted by molar-refractivity contribution is 0.148. The predicted molar refractivity (Wildman–Crippen MR) is 124 cm³/mol. The number of hydrogen-bond donors (Lipinski definition) is 1. The third-order valence-electron chi connectivity index (χ3n) is 5.66. The second kappa shape index (κ2) is 8.79. The number of rotatable bonds is 7. The first-order valence-corrected chi connectivity index (χ1v) is 12.2. The molecule has 0 spiro atoms. The van der Waals surface area contributed by atoms with E-state index in [-0.39, 0.29) is 5.75 Å². The van der Waals surface area contributed by atoms with E-state index in [4.69, 9.17) is 0 Å². The van der Waals surface area contributed by atoms with E-state index in [2.05, 4.69) is 44.5 Å². The Labute approximate surface area is 179 Å². The number of para-hydroxylation sites is 1. The Morgan fingerprint density at radius 3 is 2.43 bits per heavy atom. The van der Waals surface area contributed by atoms with Crippen LogP contribution in [0.2, 0.25) is 0 Å². The summed E-state index contributed by atoms with van der Waals surface area (Å²) in [7, 11) is -1.16. The molecule has 1 aliphatic rings. The van der Waals surface area contributed by atoms with Crippen LogP contribution in [0.1, 0.15) is 18.9 Å². The number of fused-ring (bicyclic) bond motifs is 1. The van der Waals surface area contributed by atoms with Crippen LogP contribution in [-0.2, 0) is 16.6 Å². The second-order valence-corrected chi connectivity index (χ2v) is 9.93. The topological polar surface area (TPSA) is 57.6 Å². The predicted octanol–water partition coefficient (Wildman–Crippen LogP) is 3.53. The Bertz CT molecular complexity index is 1100. The number of hydrogen-bond acceptors (Lipinski definition) is 4. The van der Waals surface area contributed by atoms with Crippen LogP contribution >= 0.6 is 0 Å². The number of likely N-dealkylation sites (N-methyl/N-ethyl adjacent to an activating group) is 1. The molecule has 1 aromatic heterocycles. The molecule has 1 saturated heterocycles. The zero-order valence-electron chi connectivity index (χ0n) is 17.7. The number of sulfonamides is 1. The van der Waals surface area contributed by atoms with Crippen LogP contribution in [0.3, 0.4) is 0 Å². The van der Waals surface area contributed by atoms with Crippen molar-refractivity contribution in [2.75, 3.05) is 43.7 Å². The third-order valence-corrected chi connectivity index (χ3v) is 7.15. The van der Waals surface area contributed by atoms with E-state index in [9.17, 15) is 8.42 Å². The maximum Gasteiger partial charge on any atom is 0.232 e. The molecule has 3 aromatic rings. The van der Waals surface area contributed by atoms with Crippen molar-refractivity contribution in [3.8, 4) is 5.69 Å². The molecule has 4 rings (SSSR count). The molecule has 1 fully saturated rings. The molecule has 0 radical (unpaired) electrons. The van der Waals surface area contributed by atoms with Crippen molar-refractivity contribution in [2.45, 2.75) is 19.9 Å². The highest BCUT2D eigenvalue weighted by atomic mass is 32.2. The van der Waals surface area contributed by atoms with Crippen molar-refractivity contribution in [3.63, 3.8) is 0 Å². The molecule has 6 nitrogen and oxygen atoms in total. The van der Waals surface area contributed by atoms with Gasteiger partial charge in [-0.15, -0.1) is 0 Å². The van der Waals surface area contributed by atoms with E-state index < -0.39 is 10.0 Å². The molecule has 1 aliphatic heterocycles. The number of anilines is 1. The van der Waals surface area contributed by atoms with Gasteiger partial charge in [-0.05, 0) is 49.4 Å². The van der Waals surface area contributed by atoms with Gasteiger partial charge in [0.2, 0.25) is 10.0 Å². The zero-order valence-corrected chi connectivity index (χ0v) is 18.5. The Hall–Kier alpha value is -2.35. The lowest BCUT2D eigenvalue weighted by Gasteiger charge is -2.32. The van der Waals surface area contributed by atoms with Gasteiger partial charge in [0.25, 0.3) is 0 Å². The molecule has 0 saturated carbocycles. The first-order chi connectivity index (χ1) is 14.4. The second-order valence-electron chi connectivity index (χ2n) is 8.09. The van der Waals surface area contributed by atoms with Crippen LogP contribution in [0, 0.1) is 0 Å². The van der Waals surface area contributed by atoms with Crippen LogP contribution in [0.25, 0.3) is 16.6 Å². The summed E-state index contributed by atoms with van der Waals surface area (Å²) in [5.74, 6) is 0.129. The van der Waals surface area contributed by atoms with Gasteiger partial charge in [0.05, 0.1) is 11.3 Å². The van der Waals surface area contributed by atoms with Crippen molar-refractivity contribution < 1.29 is 8.42 Å².